The fourth-order valence-electron chi connectivity index (χ4n) is 2.50. The Kier molecular flexibility index (Phi) is 6.32. The van der Waals surface area contributed by atoms with Crippen LogP contribution >= 0.6 is 0 Å². The highest BCUT2D eigenvalue weighted by Gasteiger charge is 2.10. The van der Waals surface area contributed by atoms with E-state index in [1.54, 1.807) is 0 Å². The van der Waals surface area contributed by atoms with Gasteiger partial charge in [-0.05, 0) is 41.5 Å². The molecular formula is C19H23NO3. The van der Waals surface area contributed by atoms with Crippen molar-refractivity contribution >= 4 is 5.97 Å². The van der Waals surface area contributed by atoms with Gasteiger partial charge in [-0.2, -0.15) is 0 Å². The van der Waals surface area contributed by atoms with E-state index in [2.05, 4.69) is 0 Å². The summed E-state index contributed by atoms with van der Waals surface area (Å²) >= 11 is 0. The lowest BCUT2D eigenvalue weighted by Gasteiger charge is -2.13. The molecule has 1 unspecified atom stereocenters. The van der Waals surface area contributed by atoms with Gasteiger partial charge in [-0.3, -0.25) is 4.79 Å². The van der Waals surface area contributed by atoms with Gasteiger partial charge in [0.15, 0.2) is 0 Å². The summed E-state index contributed by atoms with van der Waals surface area (Å²) in [4.78, 5) is 10.5. The van der Waals surface area contributed by atoms with Crippen molar-refractivity contribution in [2.24, 2.45) is 5.73 Å². The second-order valence-corrected chi connectivity index (χ2v) is 5.69. The Morgan fingerprint density at radius 3 is 1.91 bits per heavy atom. The maximum absolute atomic E-state index is 10.5. The van der Waals surface area contributed by atoms with Gasteiger partial charge in [0.2, 0.25) is 0 Å². The maximum Gasteiger partial charge on any atom is 0.303 e. The van der Waals surface area contributed by atoms with Crippen molar-refractivity contribution in [1.82, 2.24) is 0 Å². The number of rotatable bonds is 8. The van der Waals surface area contributed by atoms with Gasteiger partial charge in [0.1, 0.15) is 6.10 Å². The third-order valence-electron chi connectivity index (χ3n) is 3.93. The number of aryl methyl sites for hydroxylation is 1. The van der Waals surface area contributed by atoms with Crippen LogP contribution in [-0.4, -0.2) is 16.2 Å². The van der Waals surface area contributed by atoms with Crippen molar-refractivity contribution < 1.29 is 15.0 Å². The van der Waals surface area contributed by atoms with Crippen LogP contribution in [0.1, 0.15) is 47.6 Å². The molecule has 122 valence electrons. The Morgan fingerprint density at radius 1 is 0.913 bits per heavy atom. The van der Waals surface area contributed by atoms with E-state index in [0.29, 0.717) is 13.0 Å². The first-order chi connectivity index (χ1) is 11.1. The van der Waals surface area contributed by atoms with Crippen LogP contribution < -0.4 is 5.73 Å². The largest absolute Gasteiger partial charge is 0.481 e. The Hall–Kier alpha value is -2.17. The van der Waals surface area contributed by atoms with Crippen molar-refractivity contribution in [3.05, 3.63) is 70.8 Å². The van der Waals surface area contributed by atoms with Crippen molar-refractivity contribution in [1.29, 1.82) is 0 Å². The second-order valence-electron chi connectivity index (χ2n) is 5.69. The van der Waals surface area contributed by atoms with E-state index in [1.807, 2.05) is 48.5 Å². The number of nitrogens with two attached hydrogens (primary N) is 1. The molecule has 2 aromatic rings. The monoisotopic (exact) mass is 313 g/mol. The molecule has 2 aromatic carbocycles. The average Bonchev–Trinajstić information content (AvgIpc) is 2.58. The standard InChI is InChI=1S/C19H23NO3/c20-13-15-7-11-17(12-8-15)19(23)16-9-5-14(6-10-16)3-1-2-4-18(21)22/h5-12,19,23H,1-4,13,20H2,(H,21,22). The summed E-state index contributed by atoms with van der Waals surface area (Å²) in [6.07, 6.45) is 1.97. The molecule has 0 fully saturated rings. The topological polar surface area (TPSA) is 83.5 Å². The highest BCUT2D eigenvalue weighted by Crippen LogP contribution is 2.23. The summed E-state index contributed by atoms with van der Waals surface area (Å²) in [6, 6.07) is 15.5. The van der Waals surface area contributed by atoms with E-state index in [1.165, 1.54) is 0 Å². The summed E-state index contributed by atoms with van der Waals surface area (Å²) in [6.45, 7) is 0.493. The molecule has 0 heterocycles. The van der Waals surface area contributed by atoms with Gasteiger partial charge in [0, 0.05) is 13.0 Å². The van der Waals surface area contributed by atoms with Gasteiger partial charge >= 0.3 is 5.97 Å². The highest BCUT2D eigenvalue weighted by atomic mass is 16.4. The normalized spacial score (nSPS) is 12.1. The van der Waals surface area contributed by atoms with E-state index in [9.17, 15) is 9.90 Å². The number of benzene rings is 2. The van der Waals surface area contributed by atoms with Crippen molar-refractivity contribution in [2.45, 2.75) is 38.3 Å². The molecule has 4 nitrogen and oxygen atoms in total. The van der Waals surface area contributed by atoms with Crippen LogP contribution in [0.25, 0.3) is 0 Å². The summed E-state index contributed by atoms with van der Waals surface area (Å²) < 4.78 is 0. The first-order valence-electron chi connectivity index (χ1n) is 7.87. The number of carboxylic acids is 1. The minimum absolute atomic E-state index is 0.218. The smallest absolute Gasteiger partial charge is 0.303 e. The lowest BCUT2D eigenvalue weighted by molar-refractivity contribution is -0.137. The molecule has 2 rings (SSSR count). The van der Waals surface area contributed by atoms with Gasteiger partial charge in [0.05, 0.1) is 0 Å². The van der Waals surface area contributed by atoms with Crippen molar-refractivity contribution in [3.63, 3.8) is 0 Å². The predicted molar refractivity (Wildman–Crippen MR) is 90.0 cm³/mol. The molecular weight excluding hydrogens is 290 g/mol. The van der Waals surface area contributed by atoms with E-state index in [0.717, 1.165) is 35.1 Å². The van der Waals surface area contributed by atoms with E-state index >= 15 is 0 Å². The summed E-state index contributed by atoms with van der Waals surface area (Å²) in [5.74, 6) is -0.746. The number of aliphatic hydroxyl groups excluding tert-OH is 1. The molecule has 1 atom stereocenters. The number of unbranched alkanes of at least 4 members (excludes halogenated alkanes) is 1. The number of aliphatic hydroxyl groups is 1. The lowest BCUT2D eigenvalue weighted by Crippen LogP contribution is -2.01. The average molecular weight is 313 g/mol. The van der Waals surface area contributed by atoms with Gasteiger partial charge in [-0.25, -0.2) is 0 Å². The van der Waals surface area contributed by atoms with Gasteiger partial charge < -0.3 is 15.9 Å². The summed E-state index contributed by atoms with van der Waals surface area (Å²) in [5.41, 5.74) is 9.46. The zero-order valence-corrected chi connectivity index (χ0v) is 13.1. The number of aliphatic carboxylic acids is 1. The minimum Gasteiger partial charge on any atom is -0.481 e. The molecule has 0 aliphatic carbocycles. The van der Waals surface area contributed by atoms with E-state index < -0.39 is 12.1 Å². The van der Waals surface area contributed by atoms with E-state index in [-0.39, 0.29) is 6.42 Å². The minimum atomic E-state index is -0.746. The second kappa shape index (κ2) is 8.46. The molecule has 0 saturated carbocycles. The molecule has 0 spiro atoms. The highest BCUT2D eigenvalue weighted by molar-refractivity contribution is 5.66. The van der Waals surface area contributed by atoms with Gasteiger partial charge in [-0.15, -0.1) is 0 Å². The molecule has 23 heavy (non-hydrogen) atoms. The van der Waals surface area contributed by atoms with Crippen LogP contribution in [0.5, 0.6) is 0 Å². The van der Waals surface area contributed by atoms with E-state index in [4.69, 9.17) is 10.8 Å². The Labute approximate surface area is 136 Å². The molecule has 0 saturated heterocycles. The molecule has 0 aliphatic heterocycles. The SMILES string of the molecule is NCc1ccc(C(O)c2ccc(CCCCC(=O)O)cc2)cc1. The number of carboxylic acid groups (broad SMARTS) is 1. The zero-order chi connectivity index (χ0) is 16.7. The quantitative estimate of drug-likeness (QED) is 0.654. The lowest BCUT2D eigenvalue weighted by atomic mass is 9.98. The zero-order valence-electron chi connectivity index (χ0n) is 13.1. The summed E-state index contributed by atoms with van der Waals surface area (Å²) in [7, 11) is 0. The number of hydrogen-bond acceptors (Lipinski definition) is 3. The Morgan fingerprint density at radius 2 is 1.43 bits per heavy atom. The van der Waals surface area contributed by atoms with Crippen LogP contribution in [0.15, 0.2) is 48.5 Å². The first-order valence-corrected chi connectivity index (χ1v) is 7.87. The fraction of sp³-hybridized carbons (Fsp3) is 0.316. The Balaban J connectivity index is 1.93. The van der Waals surface area contributed by atoms with Gasteiger partial charge in [-0.1, -0.05) is 48.5 Å². The summed E-state index contributed by atoms with van der Waals surface area (Å²) in [5, 5.41) is 19.0. The molecule has 4 heteroatoms. The number of hydrogen-bond donors (Lipinski definition) is 3. The molecule has 0 radical (unpaired) electrons. The molecule has 0 aromatic heterocycles. The molecule has 4 N–H and O–H groups in total. The van der Waals surface area contributed by atoms with Crippen LogP contribution in [0.2, 0.25) is 0 Å². The van der Waals surface area contributed by atoms with Crippen LogP contribution in [-0.2, 0) is 17.8 Å². The molecule has 0 amide bonds. The third kappa shape index (κ3) is 5.20. The van der Waals surface area contributed by atoms with Crippen LogP contribution in [0, 0.1) is 0 Å². The van der Waals surface area contributed by atoms with Crippen LogP contribution in [0.4, 0.5) is 0 Å². The van der Waals surface area contributed by atoms with Crippen molar-refractivity contribution in [3.8, 4) is 0 Å². The molecule has 0 aliphatic rings. The van der Waals surface area contributed by atoms with Crippen molar-refractivity contribution in [2.75, 3.05) is 0 Å². The first kappa shape index (κ1) is 17.2. The predicted octanol–water partition coefficient (Wildman–Crippen LogP) is 3.02. The van der Waals surface area contributed by atoms with Gasteiger partial charge in [0.25, 0.3) is 0 Å². The number of carbonyl (C=O) groups is 1. The van der Waals surface area contributed by atoms with Crippen LogP contribution in [0.3, 0.4) is 0 Å². The third-order valence-corrected chi connectivity index (χ3v) is 3.93. The maximum atomic E-state index is 10.5. The Bertz CT molecular complexity index is 620. The fourth-order valence-corrected chi connectivity index (χ4v) is 2.50. The molecule has 0 bridgehead atoms.